The summed E-state index contributed by atoms with van der Waals surface area (Å²) in [5.41, 5.74) is 0. The van der Waals surface area contributed by atoms with Crippen molar-refractivity contribution in [3.63, 3.8) is 0 Å². The molecule has 0 amide bonds. The van der Waals surface area contributed by atoms with Crippen LogP contribution < -0.4 is 4.74 Å². The van der Waals surface area contributed by atoms with Crippen LogP contribution in [0.25, 0.3) is 0 Å². The molecular weight excluding hydrogens is 292 g/mol. The van der Waals surface area contributed by atoms with Crippen molar-refractivity contribution in [3.8, 4) is 5.88 Å². The Kier molecular flexibility index (Phi) is 4.98. The molecule has 1 aromatic heterocycles. The Morgan fingerprint density at radius 1 is 1.33 bits per heavy atom. The fraction of sp³-hybridized carbons (Fsp3) is 0.714. The third-order valence-electron chi connectivity index (χ3n) is 3.63. The topological polar surface area (TPSA) is 35.0 Å². The predicted molar refractivity (Wildman–Crippen MR) is 75.8 cm³/mol. The summed E-state index contributed by atoms with van der Waals surface area (Å²) >= 11 is 3.41. The molecule has 0 radical (unpaired) electrons. The van der Waals surface area contributed by atoms with Gasteiger partial charge in [0.25, 0.3) is 0 Å². The first kappa shape index (κ1) is 13.8. The lowest BCUT2D eigenvalue weighted by molar-refractivity contribution is 0.116. The van der Waals surface area contributed by atoms with Gasteiger partial charge in [-0.15, -0.1) is 0 Å². The van der Waals surface area contributed by atoms with Crippen molar-refractivity contribution in [2.45, 2.75) is 58.5 Å². The Morgan fingerprint density at radius 2 is 2.17 bits per heavy atom. The van der Waals surface area contributed by atoms with Gasteiger partial charge in [-0.1, -0.05) is 26.7 Å². The number of hydrogen-bond acceptors (Lipinski definition) is 3. The Bertz CT molecular complexity index is 397. The number of halogens is 1. The number of hydrogen-bond donors (Lipinski definition) is 0. The van der Waals surface area contributed by atoms with E-state index < -0.39 is 0 Å². The molecule has 1 aromatic rings. The molecule has 1 fully saturated rings. The second kappa shape index (κ2) is 6.50. The van der Waals surface area contributed by atoms with Gasteiger partial charge in [0.15, 0.2) is 0 Å². The van der Waals surface area contributed by atoms with Gasteiger partial charge in [-0.2, -0.15) is 4.98 Å². The lowest BCUT2D eigenvalue weighted by atomic mass is 9.85. The molecule has 0 spiro atoms. The minimum absolute atomic E-state index is 0.329. The molecule has 0 bridgehead atoms. The molecule has 1 heterocycles. The number of nitrogens with zero attached hydrogens (tertiary/aromatic N) is 2. The molecule has 2 rings (SSSR count). The highest BCUT2D eigenvalue weighted by Gasteiger charge is 2.22. The second-order valence-electron chi connectivity index (χ2n) is 4.98. The van der Waals surface area contributed by atoms with Crippen LogP contribution in [0, 0.1) is 5.92 Å². The highest BCUT2D eigenvalue weighted by Crippen LogP contribution is 2.29. The molecule has 1 aliphatic rings. The van der Waals surface area contributed by atoms with E-state index in [0.717, 1.165) is 35.1 Å². The van der Waals surface area contributed by atoms with Crippen molar-refractivity contribution < 1.29 is 4.74 Å². The van der Waals surface area contributed by atoms with Crippen LogP contribution >= 0.6 is 15.9 Å². The van der Waals surface area contributed by atoms with Gasteiger partial charge in [-0.25, -0.2) is 4.98 Å². The van der Waals surface area contributed by atoms with E-state index in [2.05, 4.69) is 39.7 Å². The smallest absolute Gasteiger partial charge is 0.217 e. The van der Waals surface area contributed by atoms with Crippen LogP contribution in [0.5, 0.6) is 5.88 Å². The highest BCUT2D eigenvalue weighted by atomic mass is 79.9. The monoisotopic (exact) mass is 312 g/mol. The largest absolute Gasteiger partial charge is 0.474 e. The lowest BCUT2D eigenvalue weighted by Gasteiger charge is -2.28. The average Bonchev–Trinajstić information content (AvgIpc) is 2.38. The van der Waals surface area contributed by atoms with Gasteiger partial charge in [0.05, 0.1) is 0 Å². The van der Waals surface area contributed by atoms with Crippen LogP contribution in [0.3, 0.4) is 0 Å². The average molecular weight is 313 g/mol. The zero-order chi connectivity index (χ0) is 13.0. The van der Waals surface area contributed by atoms with E-state index in [9.17, 15) is 0 Å². The molecule has 4 heteroatoms. The van der Waals surface area contributed by atoms with Crippen molar-refractivity contribution in [2.24, 2.45) is 5.92 Å². The van der Waals surface area contributed by atoms with E-state index in [1.165, 1.54) is 25.7 Å². The number of rotatable bonds is 4. The SMILES string of the molecule is CCc1nc(Br)cc(OC2CCCC(CC)C2)n1. The standard InChI is InChI=1S/C14H21BrN2O/c1-3-10-6-5-7-11(8-10)18-14-9-12(15)16-13(4-2)17-14/h9-11H,3-8H2,1-2H3. The maximum atomic E-state index is 6.03. The second-order valence-corrected chi connectivity index (χ2v) is 5.79. The molecular formula is C14H21BrN2O. The van der Waals surface area contributed by atoms with Gasteiger partial charge in [-0.3, -0.25) is 0 Å². The fourth-order valence-corrected chi connectivity index (χ4v) is 2.95. The normalized spacial score (nSPS) is 23.9. The van der Waals surface area contributed by atoms with Crippen molar-refractivity contribution in [1.82, 2.24) is 9.97 Å². The van der Waals surface area contributed by atoms with E-state index in [0.29, 0.717) is 6.10 Å². The quantitative estimate of drug-likeness (QED) is 0.783. The van der Waals surface area contributed by atoms with E-state index in [4.69, 9.17) is 4.74 Å². The van der Waals surface area contributed by atoms with Gasteiger partial charge in [0, 0.05) is 12.5 Å². The number of aromatic nitrogens is 2. The molecule has 2 unspecified atom stereocenters. The predicted octanol–water partition coefficient (Wildman–Crippen LogP) is 4.15. The minimum Gasteiger partial charge on any atom is -0.474 e. The highest BCUT2D eigenvalue weighted by molar-refractivity contribution is 9.10. The molecule has 2 atom stereocenters. The minimum atomic E-state index is 0.329. The summed E-state index contributed by atoms with van der Waals surface area (Å²) in [4.78, 5) is 8.74. The molecule has 0 aromatic carbocycles. The van der Waals surface area contributed by atoms with Crippen molar-refractivity contribution in [1.29, 1.82) is 0 Å². The maximum absolute atomic E-state index is 6.03. The van der Waals surface area contributed by atoms with Crippen LogP contribution in [-0.2, 0) is 6.42 Å². The Hall–Kier alpha value is -0.640. The fourth-order valence-electron chi connectivity index (χ4n) is 2.55. The van der Waals surface area contributed by atoms with Crippen LogP contribution in [0.4, 0.5) is 0 Å². The zero-order valence-corrected chi connectivity index (χ0v) is 12.7. The maximum Gasteiger partial charge on any atom is 0.217 e. The lowest BCUT2D eigenvalue weighted by Crippen LogP contribution is -2.25. The summed E-state index contributed by atoms with van der Waals surface area (Å²) in [6.07, 6.45) is 7.36. The molecule has 0 N–H and O–H groups in total. The van der Waals surface area contributed by atoms with Gasteiger partial charge >= 0.3 is 0 Å². The molecule has 18 heavy (non-hydrogen) atoms. The summed E-state index contributed by atoms with van der Waals surface area (Å²) in [6, 6.07) is 1.87. The van der Waals surface area contributed by atoms with Gasteiger partial charge in [-0.05, 0) is 41.1 Å². The summed E-state index contributed by atoms with van der Waals surface area (Å²) in [5, 5.41) is 0. The van der Waals surface area contributed by atoms with E-state index in [1.807, 2.05) is 6.07 Å². The van der Waals surface area contributed by atoms with Crippen LogP contribution in [0.1, 0.15) is 51.8 Å². The van der Waals surface area contributed by atoms with E-state index in [-0.39, 0.29) is 0 Å². The first-order chi connectivity index (χ1) is 8.71. The Morgan fingerprint density at radius 3 is 2.89 bits per heavy atom. The van der Waals surface area contributed by atoms with E-state index in [1.54, 1.807) is 0 Å². The Balaban J connectivity index is 2.02. The number of aryl methyl sites for hydroxylation is 1. The summed E-state index contributed by atoms with van der Waals surface area (Å²) in [6.45, 7) is 4.32. The van der Waals surface area contributed by atoms with Gasteiger partial charge in [0.2, 0.25) is 5.88 Å². The summed E-state index contributed by atoms with van der Waals surface area (Å²) in [7, 11) is 0. The van der Waals surface area contributed by atoms with Crippen LogP contribution in [0.15, 0.2) is 10.7 Å². The molecule has 0 saturated heterocycles. The third kappa shape index (κ3) is 3.67. The molecule has 0 aliphatic heterocycles. The van der Waals surface area contributed by atoms with Crippen molar-refractivity contribution >= 4 is 15.9 Å². The summed E-state index contributed by atoms with van der Waals surface area (Å²) < 4.78 is 6.84. The molecule has 100 valence electrons. The molecule has 1 aliphatic carbocycles. The van der Waals surface area contributed by atoms with E-state index >= 15 is 0 Å². The van der Waals surface area contributed by atoms with Crippen LogP contribution in [-0.4, -0.2) is 16.1 Å². The molecule has 1 saturated carbocycles. The van der Waals surface area contributed by atoms with Gasteiger partial charge in [0.1, 0.15) is 16.5 Å². The zero-order valence-electron chi connectivity index (χ0n) is 11.2. The van der Waals surface area contributed by atoms with Crippen LogP contribution in [0.2, 0.25) is 0 Å². The Labute approximate surface area is 117 Å². The van der Waals surface area contributed by atoms with Crippen molar-refractivity contribution in [3.05, 3.63) is 16.5 Å². The first-order valence-electron chi connectivity index (χ1n) is 6.91. The van der Waals surface area contributed by atoms with Crippen molar-refractivity contribution in [2.75, 3.05) is 0 Å². The number of ether oxygens (including phenoxy) is 1. The van der Waals surface area contributed by atoms with Gasteiger partial charge < -0.3 is 4.74 Å². The first-order valence-corrected chi connectivity index (χ1v) is 7.70. The summed E-state index contributed by atoms with van der Waals surface area (Å²) in [5.74, 6) is 2.37. The third-order valence-corrected chi connectivity index (χ3v) is 4.04. The molecule has 3 nitrogen and oxygen atoms in total.